The first-order chi connectivity index (χ1) is 7.32. The average Bonchev–Trinajstić information content (AvgIpc) is 2.82. The number of nitrogens with two attached hydrogens (primary N) is 1. The molecule has 0 aromatic heterocycles. The maximum atomic E-state index is 5.97. The van der Waals surface area contributed by atoms with Crippen LogP contribution in [0.4, 0.5) is 0 Å². The van der Waals surface area contributed by atoms with Gasteiger partial charge in [-0.05, 0) is 25.8 Å². The van der Waals surface area contributed by atoms with Gasteiger partial charge < -0.3 is 11.1 Å². The SMILES string of the molecule is C#CCCNC1(CN)CCN2CCCC21. The van der Waals surface area contributed by atoms with E-state index in [1.54, 1.807) is 0 Å². The lowest BCUT2D eigenvalue weighted by Crippen LogP contribution is -2.58. The van der Waals surface area contributed by atoms with E-state index in [2.05, 4.69) is 16.1 Å². The van der Waals surface area contributed by atoms with Crippen LogP contribution in [0.25, 0.3) is 0 Å². The van der Waals surface area contributed by atoms with Crippen LogP contribution in [0.5, 0.6) is 0 Å². The number of nitrogens with zero attached hydrogens (tertiary/aromatic N) is 1. The fourth-order valence-corrected chi connectivity index (χ4v) is 3.13. The first-order valence-corrected chi connectivity index (χ1v) is 5.95. The minimum Gasteiger partial charge on any atom is -0.329 e. The van der Waals surface area contributed by atoms with E-state index in [0.717, 1.165) is 19.5 Å². The highest BCUT2D eigenvalue weighted by molar-refractivity contribution is 5.08. The Morgan fingerprint density at radius 1 is 1.53 bits per heavy atom. The summed E-state index contributed by atoms with van der Waals surface area (Å²) in [5.74, 6) is 2.68. The van der Waals surface area contributed by atoms with Gasteiger partial charge in [-0.1, -0.05) is 0 Å². The number of fused-ring (bicyclic) bond motifs is 1. The molecular formula is C12H21N3. The molecule has 2 atom stereocenters. The minimum atomic E-state index is 0.146. The van der Waals surface area contributed by atoms with Gasteiger partial charge in [0, 0.05) is 37.6 Å². The summed E-state index contributed by atoms with van der Waals surface area (Å²) in [6.45, 7) is 4.09. The molecule has 2 rings (SSSR count). The van der Waals surface area contributed by atoms with Crippen LogP contribution in [-0.4, -0.2) is 42.7 Å². The van der Waals surface area contributed by atoms with Gasteiger partial charge in [0.1, 0.15) is 0 Å². The van der Waals surface area contributed by atoms with Crippen molar-refractivity contribution in [3.05, 3.63) is 0 Å². The van der Waals surface area contributed by atoms with Crippen molar-refractivity contribution in [2.75, 3.05) is 26.2 Å². The molecule has 3 heteroatoms. The third-order valence-corrected chi connectivity index (χ3v) is 3.96. The Labute approximate surface area is 92.4 Å². The van der Waals surface area contributed by atoms with Crippen LogP contribution in [0.1, 0.15) is 25.7 Å². The molecule has 2 aliphatic rings. The second-order valence-corrected chi connectivity index (χ2v) is 4.69. The average molecular weight is 207 g/mol. The van der Waals surface area contributed by atoms with Crippen molar-refractivity contribution in [3.8, 4) is 12.3 Å². The highest BCUT2D eigenvalue weighted by Crippen LogP contribution is 2.35. The summed E-state index contributed by atoms with van der Waals surface area (Å²) in [4.78, 5) is 2.58. The molecule has 0 bridgehead atoms. The molecule has 2 heterocycles. The van der Waals surface area contributed by atoms with Gasteiger partial charge >= 0.3 is 0 Å². The van der Waals surface area contributed by atoms with Crippen molar-refractivity contribution in [1.29, 1.82) is 0 Å². The quantitative estimate of drug-likeness (QED) is 0.510. The lowest BCUT2D eigenvalue weighted by molar-refractivity contribution is 0.230. The van der Waals surface area contributed by atoms with Gasteiger partial charge in [-0.2, -0.15) is 0 Å². The van der Waals surface area contributed by atoms with E-state index < -0.39 is 0 Å². The molecule has 0 aromatic rings. The summed E-state index contributed by atoms with van der Waals surface area (Å²) < 4.78 is 0. The van der Waals surface area contributed by atoms with Crippen molar-refractivity contribution in [3.63, 3.8) is 0 Å². The van der Waals surface area contributed by atoms with Crippen molar-refractivity contribution in [2.45, 2.75) is 37.3 Å². The zero-order valence-electron chi connectivity index (χ0n) is 9.34. The Hall–Kier alpha value is -0.560. The molecule has 3 N–H and O–H groups in total. The molecule has 0 radical (unpaired) electrons. The molecule has 0 amide bonds. The van der Waals surface area contributed by atoms with Gasteiger partial charge in [0.05, 0.1) is 0 Å². The van der Waals surface area contributed by atoms with E-state index in [9.17, 15) is 0 Å². The van der Waals surface area contributed by atoms with Crippen molar-refractivity contribution >= 4 is 0 Å². The Bertz CT molecular complexity index is 258. The van der Waals surface area contributed by atoms with Gasteiger partial charge in [-0.15, -0.1) is 12.3 Å². The maximum absolute atomic E-state index is 5.97. The number of hydrogen-bond acceptors (Lipinski definition) is 3. The molecular weight excluding hydrogens is 186 g/mol. The van der Waals surface area contributed by atoms with E-state index in [1.807, 2.05) is 0 Å². The molecule has 0 spiro atoms. The van der Waals surface area contributed by atoms with E-state index >= 15 is 0 Å². The Morgan fingerprint density at radius 2 is 2.40 bits per heavy atom. The highest BCUT2D eigenvalue weighted by Gasteiger charge is 2.47. The summed E-state index contributed by atoms with van der Waals surface area (Å²) >= 11 is 0. The molecule has 84 valence electrons. The van der Waals surface area contributed by atoms with Gasteiger partial charge in [0.2, 0.25) is 0 Å². The van der Waals surface area contributed by atoms with Crippen LogP contribution in [0.15, 0.2) is 0 Å². The van der Waals surface area contributed by atoms with Gasteiger partial charge in [0.15, 0.2) is 0 Å². The largest absolute Gasteiger partial charge is 0.329 e. The molecule has 0 aromatic carbocycles. The predicted molar refractivity (Wildman–Crippen MR) is 62.5 cm³/mol. The molecule has 0 saturated carbocycles. The van der Waals surface area contributed by atoms with Crippen LogP contribution in [0.3, 0.4) is 0 Å². The zero-order valence-corrected chi connectivity index (χ0v) is 9.34. The fourth-order valence-electron chi connectivity index (χ4n) is 3.13. The predicted octanol–water partition coefficient (Wildman–Crippen LogP) is 0.165. The molecule has 15 heavy (non-hydrogen) atoms. The van der Waals surface area contributed by atoms with Gasteiger partial charge in [0.25, 0.3) is 0 Å². The van der Waals surface area contributed by atoms with Gasteiger partial charge in [-0.3, -0.25) is 4.90 Å². The van der Waals surface area contributed by atoms with Crippen LogP contribution < -0.4 is 11.1 Å². The lowest BCUT2D eigenvalue weighted by Gasteiger charge is -2.35. The third-order valence-electron chi connectivity index (χ3n) is 3.96. The second kappa shape index (κ2) is 4.52. The number of nitrogens with one attached hydrogen (secondary N) is 1. The summed E-state index contributed by atoms with van der Waals surface area (Å²) in [7, 11) is 0. The second-order valence-electron chi connectivity index (χ2n) is 4.69. The summed E-state index contributed by atoms with van der Waals surface area (Å²) in [6, 6.07) is 0.653. The molecule has 2 aliphatic heterocycles. The Morgan fingerprint density at radius 3 is 3.13 bits per heavy atom. The van der Waals surface area contributed by atoms with Crippen molar-refractivity contribution in [2.24, 2.45) is 5.73 Å². The smallest absolute Gasteiger partial charge is 0.0473 e. The third kappa shape index (κ3) is 1.90. The monoisotopic (exact) mass is 207 g/mol. The normalized spacial score (nSPS) is 35.3. The van der Waals surface area contributed by atoms with E-state index in [1.165, 1.54) is 32.4 Å². The number of hydrogen-bond donors (Lipinski definition) is 2. The van der Waals surface area contributed by atoms with Gasteiger partial charge in [-0.25, -0.2) is 0 Å². The Balaban J connectivity index is 1.98. The Kier molecular flexibility index (Phi) is 3.30. The van der Waals surface area contributed by atoms with E-state index in [4.69, 9.17) is 12.2 Å². The zero-order chi connectivity index (χ0) is 10.7. The van der Waals surface area contributed by atoms with Crippen molar-refractivity contribution in [1.82, 2.24) is 10.2 Å². The summed E-state index contributed by atoms with van der Waals surface area (Å²) in [5, 5.41) is 3.61. The number of terminal acetylenes is 1. The molecule has 2 unspecified atom stereocenters. The fraction of sp³-hybridized carbons (Fsp3) is 0.833. The lowest BCUT2D eigenvalue weighted by atomic mass is 9.88. The van der Waals surface area contributed by atoms with E-state index in [0.29, 0.717) is 6.04 Å². The summed E-state index contributed by atoms with van der Waals surface area (Å²) in [5.41, 5.74) is 6.11. The van der Waals surface area contributed by atoms with Crippen LogP contribution in [0, 0.1) is 12.3 Å². The number of rotatable bonds is 4. The molecule has 0 aliphatic carbocycles. The maximum Gasteiger partial charge on any atom is 0.0473 e. The first-order valence-electron chi connectivity index (χ1n) is 5.95. The van der Waals surface area contributed by atoms with Crippen LogP contribution in [0.2, 0.25) is 0 Å². The standard InChI is InChI=1S/C12H21N3/c1-2-3-7-14-12(10-13)6-9-15-8-4-5-11(12)15/h1,11,14H,3-10,13H2. The van der Waals surface area contributed by atoms with E-state index in [-0.39, 0.29) is 5.54 Å². The topological polar surface area (TPSA) is 41.3 Å². The van der Waals surface area contributed by atoms with Crippen LogP contribution >= 0.6 is 0 Å². The summed E-state index contributed by atoms with van der Waals surface area (Å²) in [6.07, 6.45) is 9.87. The molecule has 3 nitrogen and oxygen atoms in total. The molecule has 2 fully saturated rings. The minimum absolute atomic E-state index is 0.146. The highest BCUT2D eigenvalue weighted by atomic mass is 15.3. The first kappa shape index (κ1) is 10.9. The van der Waals surface area contributed by atoms with Crippen LogP contribution in [-0.2, 0) is 0 Å². The van der Waals surface area contributed by atoms with Crippen molar-refractivity contribution < 1.29 is 0 Å². The molecule has 2 saturated heterocycles.